The molecular weight excluding hydrogens is 596 g/mol. The number of aryl methyl sites for hydroxylation is 1. The molecule has 0 unspecified atom stereocenters. The van der Waals surface area contributed by atoms with Gasteiger partial charge in [-0.1, -0.05) is 0 Å². The number of carbonyl (C=O) groups is 2. The van der Waals surface area contributed by atoms with Crippen molar-refractivity contribution in [1.82, 2.24) is 15.4 Å². The summed E-state index contributed by atoms with van der Waals surface area (Å²) in [5, 5.41) is 2.62. The summed E-state index contributed by atoms with van der Waals surface area (Å²) in [6.45, 7) is 5.62. The molecule has 2 saturated heterocycles. The van der Waals surface area contributed by atoms with Gasteiger partial charge in [0.05, 0.1) is 23.8 Å². The van der Waals surface area contributed by atoms with E-state index in [-0.39, 0.29) is 31.6 Å². The zero-order chi connectivity index (χ0) is 26.2. The van der Waals surface area contributed by atoms with Crippen LogP contribution < -0.4 is 10.8 Å². The second-order valence-electron chi connectivity index (χ2n) is 8.99. The van der Waals surface area contributed by atoms with Crippen molar-refractivity contribution in [3.63, 3.8) is 0 Å². The molecule has 2 aliphatic heterocycles. The van der Waals surface area contributed by atoms with Gasteiger partial charge in [-0.15, -0.1) is 0 Å². The quantitative estimate of drug-likeness (QED) is 0.278. The van der Waals surface area contributed by atoms with Gasteiger partial charge in [0.25, 0.3) is 5.91 Å². The van der Waals surface area contributed by atoms with Crippen molar-refractivity contribution in [3.05, 3.63) is 50.5 Å². The lowest BCUT2D eigenvalue weighted by molar-refractivity contribution is -0.156. The van der Waals surface area contributed by atoms with Crippen LogP contribution in [0.3, 0.4) is 0 Å². The number of hydrogen-bond acceptors (Lipinski definition) is 7. The Bertz CT molecular complexity index is 1190. The lowest BCUT2D eigenvalue weighted by Crippen LogP contribution is -2.56. The molecule has 0 aliphatic carbocycles. The van der Waals surface area contributed by atoms with Gasteiger partial charge in [0.15, 0.2) is 23.2 Å². The zero-order valence-electron chi connectivity index (χ0n) is 19.7. The Kier molecular flexibility index (Phi) is 7.73. The number of aromatic nitrogens is 1. The summed E-state index contributed by atoms with van der Waals surface area (Å²) >= 11 is 2.05. The van der Waals surface area contributed by atoms with Crippen molar-refractivity contribution >= 4 is 45.9 Å². The maximum Gasteiger partial charge on any atom is 0.256 e. The highest BCUT2D eigenvalue weighted by Crippen LogP contribution is 2.31. The fourth-order valence-electron chi connectivity index (χ4n) is 3.79. The highest BCUT2D eigenvalue weighted by Gasteiger charge is 2.38. The summed E-state index contributed by atoms with van der Waals surface area (Å²) in [7, 11) is 0. The van der Waals surface area contributed by atoms with Gasteiger partial charge in [0.1, 0.15) is 18.5 Å². The van der Waals surface area contributed by atoms with Crippen LogP contribution in [0.25, 0.3) is 0 Å². The predicted molar refractivity (Wildman–Crippen MR) is 130 cm³/mol. The molecular formula is C23H24F3IN4O5. The monoisotopic (exact) mass is 620 g/mol. The normalized spacial score (nSPS) is 19.2. The van der Waals surface area contributed by atoms with Gasteiger partial charge >= 0.3 is 0 Å². The minimum absolute atomic E-state index is 0.00897. The van der Waals surface area contributed by atoms with Crippen molar-refractivity contribution in [3.8, 4) is 0 Å². The maximum atomic E-state index is 14.7. The summed E-state index contributed by atoms with van der Waals surface area (Å²) in [6, 6.07) is 2.38. The molecule has 2 fully saturated rings. The van der Waals surface area contributed by atoms with Crippen LogP contribution in [-0.2, 0) is 19.1 Å². The minimum Gasteiger partial charge on any atom is -0.348 e. The number of nitrogens with one attached hydrogen (secondary N) is 2. The lowest BCUT2D eigenvalue weighted by atomic mass is 9.97. The summed E-state index contributed by atoms with van der Waals surface area (Å²) in [5.74, 6) is -7.08. The first-order valence-corrected chi connectivity index (χ1v) is 12.1. The smallest absolute Gasteiger partial charge is 0.256 e. The summed E-state index contributed by atoms with van der Waals surface area (Å²) in [4.78, 5) is 35.9. The second kappa shape index (κ2) is 10.5. The molecule has 36 heavy (non-hydrogen) atoms. The van der Waals surface area contributed by atoms with Crippen LogP contribution in [0, 0.1) is 33.9 Å². The minimum atomic E-state index is -1.71. The first-order chi connectivity index (χ1) is 16.9. The Morgan fingerprint density at radius 2 is 1.97 bits per heavy atom. The maximum absolute atomic E-state index is 14.7. The average molecular weight is 620 g/mol. The van der Waals surface area contributed by atoms with E-state index in [4.69, 9.17) is 14.3 Å². The van der Waals surface area contributed by atoms with E-state index in [1.54, 1.807) is 26.8 Å². The first-order valence-electron chi connectivity index (χ1n) is 11.0. The van der Waals surface area contributed by atoms with Crippen LogP contribution in [0.15, 0.2) is 18.3 Å². The number of likely N-dealkylation sites (tertiary alicyclic amines) is 1. The molecule has 0 spiro atoms. The molecule has 1 aromatic heterocycles. The van der Waals surface area contributed by atoms with Crippen molar-refractivity contribution in [1.29, 1.82) is 0 Å². The van der Waals surface area contributed by atoms with E-state index in [2.05, 4.69) is 15.8 Å². The van der Waals surface area contributed by atoms with E-state index in [0.29, 0.717) is 18.2 Å². The van der Waals surface area contributed by atoms with Gasteiger partial charge in [0, 0.05) is 22.9 Å². The van der Waals surface area contributed by atoms with E-state index in [0.717, 1.165) is 3.57 Å². The number of carbonyl (C=O) groups excluding carboxylic acids is 2. The van der Waals surface area contributed by atoms with Crippen molar-refractivity contribution < 1.29 is 37.1 Å². The molecule has 3 heterocycles. The van der Waals surface area contributed by atoms with E-state index < -0.39 is 52.2 Å². The largest absolute Gasteiger partial charge is 0.348 e. The Labute approximate surface area is 218 Å². The number of pyridine rings is 1. The molecule has 0 radical (unpaired) electrons. The summed E-state index contributed by atoms with van der Waals surface area (Å²) in [6.07, 6.45) is 1.17. The SMILES string of the molecule is Cc1cc(I)cnc1Nc1c(C(=O)N2CC(C(=O)NOC[C@H]3COC(C)(C)O3)C2)cc(F)c(F)c1F. The van der Waals surface area contributed by atoms with Gasteiger partial charge in [-0.05, 0) is 61.1 Å². The third-order valence-corrected chi connectivity index (χ3v) is 6.32. The van der Waals surface area contributed by atoms with Crippen LogP contribution >= 0.6 is 22.6 Å². The molecule has 194 valence electrons. The zero-order valence-corrected chi connectivity index (χ0v) is 21.8. The molecule has 4 rings (SSSR count). The van der Waals surface area contributed by atoms with E-state index in [1.165, 1.54) is 11.1 Å². The van der Waals surface area contributed by atoms with Crippen LogP contribution in [0.4, 0.5) is 24.7 Å². The van der Waals surface area contributed by atoms with E-state index in [1.807, 2.05) is 22.6 Å². The lowest BCUT2D eigenvalue weighted by Gasteiger charge is -2.38. The number of anilines is 2. The highest BCUT2D eigenvalue weighted by atomic mass is 127. The number of hydroxylamine groups is 1. The summed E-state index contributed by atoms with van der Waals surface area (Å²) in [5.41, 5.74) is 1.98. The van der Waals surface area contributed by atoms with E-state index in [9.17, 15) is 22.8 Å². The number of benzene rings is 1. The topological polar surface area (TPSA) is 102 Å². The highest BCUT2D eigenvalue weighted by molar-refractivity contribution is 14.1. The Hall–Kier alpha value is -2.49. The van der Waals surface area contributed by atoms with Crippen LogP contribution in [-0.4, -0.2) is 59.9 Å². The fraction of sp³-hybridized carbons (Fsp3) is 0.435. The van der Waals surface area contributed by atoms with Gasteiger partial charge in [-0.25, -0.2) is 23.6 Å². The molecule has 1 aromatic carbocycles. The van der Waals surface area contributed by atoms with Gasteiger partial charge < -0.3 is 19.7 Å². The molecule has 9 nitrogen and oxygen atoms in total. The Morgan fingerprint density at radius 3 is 2.61 bits per heavy atom. The number of hydrogen-bond donors (Lipinski definition) is 2. The second-order valence-corrected chi connectivity index (χ2v) is 10.2. The Morgan fingerprint density at radius 1 is 1.25 bits per heavy atom. The van der Waals surface area contributed by atoms with Gasteiger partial charge in [-0.3, -0.25) is 14.4 Å². The molecule has 2 aromatic rings. The number of ether oxygens (including phenoxy) is 2. The third kappa shape index (κ3) is 5.74. The third-order valence-electron chi connectivity index (χ3n) is 5.73. The van der Waals surface area contributed by atoms with Crippen molar-refractivity contribution in [2.24, 2.45) is 5.92 Å². The van der Waals surface area contributed by atoms with Crippen LogP contribution in [0.1, 0.15) is 29.8 Å². The fourth-order valence-corrected chi connectivity index (χ4v) is 4.40. The number of nitrogens with zero attached hydrogens (tertiary/aromatic N) is 2. The first kappa shape index (κ1) is 26.6. The molecule has 13 heteroatoms. The van der Waals surface area contributed by atoms with Crippen LogP contribution in [0.5, 0.6) is 0 Å². The van der Waals surface area contributed by atoms with Gasteiger partial charge in [0.2, 0.25) is 5.91 Å². The molecule has 0 bridgehead atoms. The molecule has 1 atom stereocenters. The Balaban J connectivity index is 1.39. The van der Waals surface area contributed by atoms with Gasteiger partial charge in [-0.2, -0.15) is 0 Å². The van der Waals surface area contributed by atoms with Crippen molar-refractivity contribution in [2.45, 2.75) is 32.7 Å². The van der Waals surface area contributed by atoms with Crippen LogP contribution in [0.2, 0.25) is 0 Å². The van der Waals surface area contributed by atoms with Crippen molar-refractivity contribution in [2.75, 3.05) is 31.6 Å². The average Bonchev–Trinajstić information content (AvgIpc) is 3.12. The molecule has 0 saturated carbocycles. The number of halogens is 4. The number of amides is 2. The molecule has 2 aliphatic rings. The standard InChI is InChI=1S/C23H24F3IN4O5/c1-11-4-13(27)6-28-20(11)29-19-15(5-16(24)17(25)18(19)26)22(33)31-7-12(8-31)21(32)30-35-10-14-9-34-23(2,3)36-14/h4-6,12,14H,7-10H2,1-3H3,(H,28,29)(H,30,32)/t14-/m1/s1. The summed E-state index contributed by atoms with van der Waals surface area (Å²) < 4.78 is 54.6. The molecule has 2 N–H and O–H groups in total. The predicted octanol–water partition coefficient (Wildman–Crippen LogP) is 3.43. The molecule has 2 amide bonds. The van der Waals surface area contributed by atoms with E-state index >= 15 is 0 Å². The number of rotatable bonds is 7.